The second-order valence-electron chi connectivity index (χ2n) is 3.82. The summed E-state index contributed by atoms with van der Waals surface area (Å²) in [6.07, 6.45) is 0. The molecule has 0 aliphatic carbocycles. The number of hydrogen-bond acceptors (Lipinski definition) is 6. The van der Waals surface area contributed by atoms with Crippen LogP contribution in [-0.4, -0.2) is 59.1 Å². The normalized spacial score (nSPS) is 11.3. The predicted molar refractivity (Wildman–Crippen MR) is 78.3 cm³/mol. The molecule has 0 aliphatic rings. The van der Waals surface area contributed by atoms with Crippen LogP contribution in [0.15, 0.2) is 23.1 Å². The van der Waals surface area contributed by atoms with E-state index >= 15 is 0 Å². The Hall–Kier alpha value is -1.03. The molecule has 0 saturated carbocycles. The molecule has 0 spiro atoms. The number of amides is 1. The number of hydroxylamine groups is 1. The van der Waals surface area contributed by atoms with E-state index < -0.39 is 11.1 Å². The van der Waals surface area contributed by atoms with Crippen LogP contribution in [0.25, 0.3) is 0 Å². The molecule has 1 unspecified atom stereocenters. The van der Waals surface area contributed by atoms with Crippen LogP contribution in [0.1, 0.15) is 10.4 Å². The minimum Gasteiger partial charge on any atom is -0.768 e. The molecule has 7 nitrogen and oxygen atoms in total. The number of carbonyl (C=O) groups excluding carboxylic acids is 1. The maximum Gasteiger partial charge on any atom is 0.253 e. The van der Waals surface area contributed by atoms with Gasteiger partial charge in [-0.15, -0.1) is 0 Å². The molecule has 0 radical (unpaired) electrons. The van der Waals surface area contributed by atoms with Crippen LogP contribution in [0.3, 0.4) is 0 Å². The number of nitrogens with zero attached hydrogens (tertiary/aromatic N) is 1. The van der Waals surface area contributed by atoms with Crippen LogP contribution in [0.4, 0.5) is 0 Å². The van der Waals surface area contributed by atoms with E-state index in [9.17, 15) is 13.6 Å². The highest BCUT2D eigenvalue weighted by Gasteiger charge is 2.13. The Kier molecular flexibility index (Phi) is 10.1. The number of ether oxygens (including phenoxy) is 1. The molecule has 120 valence electrons. The van der Waals surface area contributed by atoms with Crippen LogP contribution in [-0.2, 0) is 15.8 Å². The van der Waals surface area contributed by atoms with Gasteiger partial charge in [0.2, 0.25) is 0 Å². The Morgan fingerprint density at radius 2 is 2.14 bits per heavy atom. The zero-order valence-corrected chi connectivity index (χ0v) is 13.5. The third-order valence-electron chi connectivity index (χ3n) is 2.34. The summed E-state index contributed by atoms with van der Waals surface area (Å²) >= 11 is 3.26. The standard InChI is InChI=1S/C11H14ClNO4S.CH5NO/c1-13(5-6-17-2)11(14)8-3-4-9(12)10(7-8)18(15)16;1-2-3/h3-4,7H,5-6H2,1-2H3,(H,15,16);2-3H,1H3/p-1. The molecule has 1 rings (SSSR count). The molecule has 1 amide bonds. The van der Waals surface area contributed by atoms with Crippen LogP contribution in [0.5, 0.6) is 0 Å². The van der Waals surface area contributed by atoms with Crippen molar-refractivity contribution in [3.63, 3.8) is 0 Å². The maximum atomic E-state index is 12.0. The Balaban J connectivity index is 0.00000122. The SMILES string of the molecule is CNO.COCCN(C)C(=O)c1ccc(Cl)c(S(=O)[O-])c1. The molecule has 9 heteroatoms. The van der Waals surface area contributed by atoms with Crippen molar-refractivity contribution in [1.29, 1.82) is 0 Å². The minimum absolute atomic E-state index is 0.0809. The first kappa shape index (κ1) is 20.0. The van der Waals surface area contributed by atoms with E-state index in [-0.39, 0.29) is 21.4 Å². The van der Waals surface area contributed by atoms with Gasteiger partial charge < -0.3 is 19.4 Å². The summed E-state index contributed by atoms with van der Waals surface area (Å²) in [5.74, 6) is -0.282. The highest BCUT2D eigenvalue weighted by Crippen LogP contribution is 2.21. The van der Waals surface area contributed by atoms with E-state index in [0.717, 1.165) is 0 Å². The summed E-state index contributed by atoms with van der Waals surface area (Å²) in [4.78, 5) is 13.3. The molecule has 0 heterocycles. The quantitative estimate of drug-likeness (QED) is 0.611. The first-order valence-electron chi connectivity index (χ1n) is 5.83. The summed E-state index contributed by atoms with van der Waals surface area (Å²) in [7, 11) is 4.59. The Morgan fingerprint density at radius 1 is 1.57 bits per heavy atom. The van der Waals surface area contributed by atoms with Crippen molar-refractivity contribution < 1.29 is 23.5 Å². The number of likely N-dealkylation sites (N-methyl/N-ethyl adjacent to an activating group) is 1. The molecule has 0 fully saturated rings. The topological polar surface area (TPSA) is 102 Å². The van der Waals surface area contributed by atoms with Crippen molar-refractivity contribution in [2.24, 2.45) is 0 Å². The molecule has 1 aromatic rings. The lowest BCUT2D eigenvalue weighted by Gasteiger charge is -2.17. The Morgan fingerprint density at radius 3 is 2.62 bits per heavy atom. The number of methoxy groups -OCH3 is 1. The molecule has 0 aliphatic heterocycles. The lowest BCUT2D eigenvalue weighted by Crippen LogP contribution is -2.30. The van der Waals surface area contributed by atoms with Crippen molar-refractivity contribution in [3.8, 4) is 0 Å². The first-order valence-corrected chi connectivity index (χ1v) is 7.28. The molecule has 2 N–H and O–H groups in total. The van der Waals surface area contributed by atoms with Gasteiger partial charge >= 0.3 is 0 Å². The number of carbonyl (C=O) groups is 1. The highest BCUT2D eigenvalue weighted by atomic mass is 35.5. The lowest BCUT2D eigenvalue weighted by molar-refractivity contribution is 0.0744. The number of benzene rings is 1. The fourth-order valence-electron chi connectivity index (χ4n) is 1.31. The van der Waals surface area contributed by atoms with Gasteiger partial charge in [-0.1, -0.05) is 11.6 Å². The summed E-state index contributed by atoms with van der Waals surface area (Å²) < 4.78 is 26.7. The van der Waals surface area contributed by atoms with E-state index in [4.69, 9.17) is 21.5 Å². The monoisotopic (exact) mass is 337 g/mol. The smallest absolute Gasteiger partial charge is 0.253 e. The van der Waals surface area contributed by atoms with Gasteiger partial charge in [-0.3, -0.25) is 9.00 Å². The van der Waals surface area contributed by atoms with Crippen molar-refractivity contribution in [2.75, 3.05) is 34.4 Å². The van der Waals surface area contributed by atoms with Gasteiger partial charge in [0.1, 0.15) is 0 Å². The van der Waals surface area contributed by atoms with Gasteiger partial charge in [-0.2, -0.15) is 0 Å². The van der Waals surface area contributed by atoms with Crippen molar-refractivity contribution in [2.45, 2.75) is 4.90 Å². The van der Waals surface area contributed by atoms with E-state index in [1.54, 1.807) is 19.6 Å². The van der Waals surface area contributed by atoms with Crippen molar-refractivity contribution in [1.82, 2.24) is 10.4 Å². The third-order valence-corrected chi connectivity index (χ3v) is 3.47. The predicted octanol–water partition coefficient (Wildman–Crippen LogP) is 0.891. The average molecular weight is 338 g/mol. The van der Waals surface area contributed by atoms with E-state index in [0.29, 0.717) is 13.2 Å². The largest absolute Gasteiger partial charge is 0.768 e. The lowest BCUT2D eigenvalue weighted by atomic mass is 10.2. The number of rotatable bonds is 5. The molecular weight excluding hydrogens is 320 g/mol. The Bertz CT molecular complexity index is 487. The van der Waals surface area contributed by atoms with E-state index in [2.05, 4.69) is 0 Å². The van der Waals surface area contributed by atoms with Gasteiger partial charge in [0.25, 0.3) is 5.91 Å². The third kappa shape index (κ3) is 6.98. The van der Waals surface area contributed by atoms with E-state index in [1.165, 1.54) is 30.1 Å². The van der Waals surface area contributed by atoms with Crippen LogP contribution >= 0.6 is 11.6 Å². The van der Waals surface area contributed by atoms with Gasteiger partial charge in [-0.25, -0.2) is 5.48 Å². The van der Waals surface area contributed by atoms with Gasteiger partial charge in [-0.05, 0) is 29.3 Å². The molecule has 0 saturated heterocycles. The zero-order chi connectivity index (χ0) is 16.4. The first-order chi connectivity index (χ1) is 9.88. The van der Waals surface area contributed by atoms with Crippen LogP contribution < -0.4 is 5.48 Å². The van der Waals surface area contributed by atoms with Gasteiger partial charge in [0.05, 0.1) is 11.6 Å². The van der Waals surface area contributed by atoms with Crippen molar-refractivity contribution in [3.05, 3.63) is 28.8 Å². The van der Waals surface area contributed by atoms with Crippen molar-refractivity contribution >= 4 is 28.6 Å². The molecule has 0 aromatic heterocycles. The van der Waals surface area contributed by atoms with Crippen LogP contribution in [0.2, 0.25) is 5.02 Å². The highest BCUT2D eigenvalue weighted by molar-refractivity contribution is 7.79. The summed E-state index contributed by atoms with van der Waals surface area (Å²) in [5.41, 5.74) is 2.03. The Labute approximate surface area is 131 Å². The molecule has 1 aromatic carbocycles. The minimum atomic E-state index is -2.46. The second kappa shape index (κ2) is 10.7. The fourth-order valence-corrected chi connectivity index (χ4v) is 2.07. The summed E-state index contributed by atoms with van der Waals surface area (Å²) in [6, 6.07) is 4.14. The van der Waals surface area contributed by atoms with Gasteiger partial charge in [0, 0.05) is 38.2 Å². The number of hydrogen-bond donors (Lipinski definition) is 2. The average Bonchev–Trinajstić information content (AvgIpc) is 2.45. The van der Waals surface area contributed by atoms with Crippen LogP contribution in [0, 0.1) is 0 Å². The fraction of sp³-hybridized carbons (Fsp3) is 0.417. The summed E-state index contributed by atoms with van der Waals surface area (Å²) in [6.45, 7) is 0.837. The number of halogens is 1. The summed E-state index contributed by atoms with van der Waals surface area (Å²) in [5, 5.41) is 7.42. The van der Waals surface area contributed by atoms with E-state index in [1.807, 2.05) is 0 Å². The number of nitrogens with one attached hydrogen (secondary N) is 1. The molecule has 21 heavy (non-hydrogen) atoms. The molecular formula is C12H18ClN2O5S-. The molecule has 1 atom stereocenters. The maximum absolute atomic E-state index is 12.0. The zero-order valence-electron chi connectivity index (χ0n) is 12.0. The molecule has 0 bridgehead atoms. The van der Waals surface area contributed by atoms with Gasteiger partial charge in [0.15, 0.2) is 0 Å². The second-order valence-corrected chi connectivity index (χ2v) is 5.14.